The Morgan fingerprint density at radius 3 is 2.62 bits per heavy atom. The van der Waals surface area contributed by atoms with Gasteiger partial charge in [0.05, 0.1) is 13.1 Å². The molecule has 130 valence electrons. The lowest BCUT2D eigenvalue weighted by Crippen LogP contribution is -2.45. The lowest BCUT2D eigenvalue weighted by Gasteiger charge is -2.24. The van der Waals surface area contributed by atoms with Gasteiger partial charge in [-0.3, -0.25) is 4.79 Å². The number of carbonyl (C=O) groups is 2. The molecule has 1 N–H and O–H groups in total. The first-order valence-electron chi connectivity index (χ1n) is 8.31. The maximum atomic E-state index is 14.0. The molecule has 0 atom stereocenters. The summed E-state index contributed by atoms with van der Waals surface area (Å²) in [5.74, 6) is -0.491. The zero-order valence-corrected chi connectivity index (χ0v) is 14.2. The number of likely N-dealkylation sites (tertiary alicyclic amines) is 1. The van der Waals surface area contributed by atoms with Gasteiger partial charge in [-0.05, 0) is 37.8 Å². The molecular formula is C17H21ClFN3O2. The molecule has 0 spiro atoms. The van der Waals surface area contributed by atoms with E-state index in [9.17, 15) is 14.0 Å². The van der Waals surface area contributed by atoms with Gasteiger partial charge in [0.2, 0.25) is 5.91 Å². The summed E-state index contributed by atoms with van der Waals surface area (Å²) in [4.78, 5) is 27.8. The van der Waals surface area contributed by atoms with E-state index in [0.717, 1.165) is 38.8 Å². The fourth-order valence-electron chi connectivity index (χ4n) is 2.94. The van der Waals surface area contributed by atoms with Gasteiger partial charge in [0, 0.05) is 29.7 Å². The molecule has 1 heterocycles. The van der Waals surface area contributed by atoms with Crippen molar-refractivity contribution < 1.29 is 14.0 Å². The Labute approximate surface area is 145 Å². The first-order chi connectivity index (χ1) is 11.6. The van der Waals surface area contributed by atoms with Crippen molar-refractivity contribution in [2.24, 2.45) is 0 Å². The maximum Gasteiger partial charge on any atom is 0.318 e. The molecule has 2 aliphatic rings. The largest absolute Gasteiger partial charge is 0.341 e. The number of hydrogen-bond donors (Lipinski definition) is 1. The Balaban J connectivity index is 1.61. The van der Waals surface area contributed by atoms with Gasteiger partial charge in [-0.25, -0.2) is 9.18 Å². The topological polar surface area (TPSA) is 52.7 Å². The molecule has 5 nitrogen and oxygen atoms in total. The third-order valence-corrected chi connectivity index (χ3v) is 4.84. The van der Waals surface area contributed by atoms with E-state index in [1.165, 1.54) is 12.1 Å². The monoisotopic (exact) mass is 353 g/mol. The summed E-state index contributed by atoms with van der Waals surface area (Å²) in [5.41, 5.74) is 0.312. The minimum absolute atomic E-state index is 0.0208. The van der Waals surface area contributed by atoms with Crippen LogP contribution in [0.1, 0.15) is 31.2 Å². The molecular weight excluding hydrogens is 333 g/mol. The van der Waals surface area contributed by atoms with Crippen LogP contribution in [0.15, 0.2) is 18.2 Å². The summed E-state index contributed by atoms with van der Waals surface area (Å²) >= 11 is 6.06. The van der Waals surface area contributed by atoms with Crippen LogP contribution in [0.5, 0.6) is 0 Å². The molecule has 0 unspecified atom stereocenters. The van der Waals surface area contributed by atoms with Crippen LogP contribution >= 0.6 is 11.6 Å². The fraction of sp³-hybridized carbons (Fsp3) is 0.529. The molecule has 0 radical (unpaired) electrons. The standard InChI is InChI=1S/C17H21ClFN3O2/c18-14-4-3-5-15(19)13(14)11-22(12-6-7-12)17(24)20-10-16(23)21-8-1-2-9-21/h3-5,12H,1-2,6-11H2,(H,20,24). The quantitative estimate of drug-likeness (QED) is 0.885. The number of urea groups is 1. The molecule has 1 aliphatic heterocycles. The van der Waals surface area contributed by atoms with Crippen molar-refractivity contribution >= 4 is 23.5 Å². The molecule has 1 aromatic carbocycles. The number of amides is 3. The van der Waals surface area contributed by atoms with Gasteiger partial charge in [0.25, 0.3) is 0 Å². The first kappa shape index (κ1) is 17.0. The van der Waals surface area contributed by atoms with Crippen molar-refractivity contribution in [2.45, 2.75) is 38.3 Å². The van der Waals surface area contributed by atoms with E-state index >= 15 is 0 Å². The second kappa shape index (κ2) is 7.38. The number of carbonyl (C=O) groups excluding carboxylic acids is 2. The van der Waals surface area contributed by atoms with Crippen LogP contribution in [-0.2, 0) is 11.3 Å². The third-order valence-electron chi connectivity index (χ3n) is 4.49. The number of benzene rings is 1. The van der Waals surface area contributed by atoms with Gasteiger partial charge in [-0.2, -0.15) is 0 Å². The molecule has 3 rings (SSSR count). The molecule has 1 aromatic rings. The third kappa shape index (κ3) is 3.98. The molecule has 0 bridgehead atoms. The highest BCUT2D eigenvalue weighted by Gasteiger charge is 2.34. The summed E-state index contributed by atoms with van der Waals surface area (Å²) < 4.78 is 14.0. The van der Waals surface area contributed by atoms with Crippen molar-refractivity contribution in [3.8, 4) is 0 Å². The highest BCUT2D eigenvalue weighted by molar-refractivity contribution is 6.31. The second-order valence-electron chi connectivity index (χ2n) is 6.31. The van der Waals surface area contributed by atoms with E-state index in [1.54, 1.807) is 15.9 Å². The Kier molecular flexibility index (Phi) is 5.23. The van der Waals surface area contributed by atoms with Crippen molar-refractivity contribution in [3.63, 3.8) is 0 Å². The van der Waals surface area contributed by atoms with Crippen LogP contribution in [0.25, 0.3) is 0 Å². The number of halogens is 2. The Hall–Kier alpha value is -1.82. The maximum absolute atomic E-state index is 14.0. The van der Waals surface area contributed by atoms with Crippen LogP contribution in [0.3, 0.4) is 0 Å². The van der Waals surface area contributed by atoms with Crippen LogP contribution in [0, 0.1) is 5.82 Å². The van der Waals surface area contributed by atoms with Gasteiger partial charge < -0.3 is 15.1 Å². The predicted octanol–water partition coefficient (Wildman–Crippen LogP) is 2.78. The van der Waals surface area contributed by atoms with E-state index in [1.807, 2.05) is 0 Å². The van der Waals surface area contributed by atoms with Crippen LogP contribution in [-0.4, -0.2) is 47.4 Å². The van der Waals surface area contributed by atoms with Crippen LogP contribution < -0.4 is 5.32 Å². The normalized spacial score (nSPS) is 17.0. The lowest BCUT2D eigenvalue weighted by molar-refractivity contribution is -0.129. The van der Waals surface area contributed by atoms with Gasteiger partial charge in [-0.1, -0.05) is 17.7 Å². The zero-order valence-electron chi connectivity index (χ0n) is 13.4. The predicted molar refractivity (Wildman–Crippen MR) is 89.2 cm³/mol. The molecule has 1 saturated heterocycles. The number of nitrogens with zero attached hydrogens (tertiary/aromatic N) is 2. The van der Waals surface area contributed by atoms with E-state index in [-0.39, 0.29) is 31.1 Å². The second-order valence-corrected chi connectivity index (χ2v) is 6.71. The number of hydrogen-bond acceptors (Lipinski definition) is 2. The highest BCUT2D eigenvalue weighted by atomic mass is 35.5. The van der Waals surface area contributed by atoms with Crippen LogP contribution in [0.2, 0.25) is 5.02 Å². The first-order valence-corrected chi connectivity index (χ1v) is 8.69. The summed E-state index contributed by atoms with van der Waals surface area (Å²) in [6, 6.07) is 4.23. The van der Waals surface area contributed by atoms with E-state index < -0.39 is 5.82 Å². The van der Waals surface area contributed by atoms with Crippen molar-refractivity contribution in [2.75, 3.05) is 19.6 Å². The molecule has 24 heavy (non-hydrogen) atoms. The van der Waals surface area contributed by atoms with E-state index in [4.69, 9.17) is 11.6 Å². The van der Waals surface area contributed by atoms with Crippen LogP contribution in [0.4, 0.5) is 9.18 Å². The Morgan fingerprint density at radius 2 is 2.00 bits per heavy atom. The van der Waals surface area contributed by atoms with Gasteiger partial charge >= 0.3 is 6.03 Å². The lowest BCUT2D eigenvalue weighted by atomic mass is 10.2. The molecule has 1 saturated carbocycles. The van der Waals surface area contributed by atoms with Gasteiger partial charge in [0.1, 0.15) is 5.82 Å². The van der Waals surface area contributed by atoms with Crippen molar-refractivity contribution in [1.29, 1.82) is 0 Å². The molecule has 0 aromatic heterocycles. The average Bonchev–Trinajstić information content (AvgIpc) is 3.24. The van der Waals surface area contributed by atoms with E-state index in [0.29, 0.717) is 10.6 Å². The van der Waals surface area contributed by atoms with Crippen molar-refractivity contribution in [3.05, 3.63) is 34.6 Å². The molecule has 3 amide bonds. The summed E-state index contributed by atoms with van der Waals surface area (Å²) in [6.07, 6.45) is 3.80. The molecule has 2 fully saturated rings. The fourth-order valence-corrected chi connectivity index (χ4v) is 3.16. The smallest absolute Gasteiger partial charge is 0.318 e. The number of nitrogens with one attached hydrogen (secondary N) is 1. The van der Waals surface area contributed by atoms with E-state index in [2.05, 4.69) is 5.32 Å². The summed E-state index contributed by atoms with van der Waals surface area (Å²) in [5, 5.41) is 2.98. The summed E-state index contributed by atoms with van der Waals surface area (Å²) in [7, 11) is 0. The minimum atomic E-state index is -0.422. The zero-order chi connectivity index (χ0) is 17.1. The highest BCUT2D eigenvalue weighted by Crippen LogP contribution is 2.30. The molecule has 7 heteroatoms. The van der Waals surface area contributed by atoms with Gasteiger partial charge in [0.15, 0.2) is 0 Å². The minimum Gasteiger partial charge on any atom is -0.341 e. The Bertz CT molecular complexity index is 610. The SMILES string of the molecule is O=C(CNC(=O)N(Cc1c(F)cccc1Cl)C1CC1)N1CCCC1. The Morgan fingerprint density at radius 1 is 1.29 bits per heavy atom. The average molecular weight is 354 g/mol. The summed E-state index contributed by atoms with van der Waals surface area (Å²) in [6.45, 7) is 1.60. The van der Waals surface area contributed by atoms with Crippen molar-refractivity contribution in [1.82, 2.24) is 15.1 Å². The molecule has 1 aliphatic carbocycles. The number of rotatable bonds is 5. The van der Waals surface area contributed by atoms with Gasteiger partial charge in [-0.15, -0.1) is 0 Å².